The van der Waals surface area contributed by atoms with Gasteiger partial charge in [-0.3, -0.25) is 9.78 Å². The first-order valence-corrected chi connectivity index (χ1v) is 8.48. The molecule has 0 atom stereocenters. The SMILES string of the molecule is CC(C)NC(=O)CCCn1c2c(c3cnccc31)CN(C)CC2. The number of aryl methyl sites for hydroxylation is 1. The smallest absolute Gasteiger partial charge is 0.220 e. The number of carbonyl (C=O) groups is 1. The molecule has 2 aromatic rings. The lowest BCUT2D eigenvalue weighted by atomic mass is 10.1. The first kappa shape index (κ1) is 16.0. The molecule has 1 amide bonds. The summed E-state index contributed by atoms with van der Waals surface area (Å²) >= 11 is 0. The fourth-order valence-electron chi connectivity index (χ4n) is 3.47. The van der Waals surface area contributed by atoms with E-state index in [0.717, 1.165) is 32.5 Å². The van der Waals surface area contributed by atoms with Crippen molar-refractivity contribution in [1.82, 2.24) is 19.8 Å². The lowest BCUT2D eigenvalue weighted by molar-refractivity contribution is -0.121. The maximum atomic E-state index is 11.8. The summed E-state index contributed by atoms with van der Waals surface area (Å²) in [6.07, 6.45) is 6.36. The molecule has 2 aromatic heterocycles. The third-order valence-electron chi connectivity index (χ3n) is 4.48. The normalized spacial score (nSPS) is 15.1. The predicted molar refractivity (Wildman–Crippen MR) is 92.3 cm³/mol. The highest BCUT2D eigenvalue weighted by Crippen LogP contribution is 2.30. The van der Waals surface area contributed by atoms with E-state index in [1.165, 1.54) is 22.2 Å². The Morgan fingerprint density at radius 1 is 1.43 bits per heavy atom. The second-order valence-corrected chi connectivity index (χ2v) is 6.78. The number of rotatable bonds is 5. The fraction of sp³-hybridized carbons (Fsp3) is 0.556. The number of hydrogen-bond donors (Lipinski definition) is 1. The van der Waals surface area contributed by atoms with Gasteiger partial charge in [0.25, 0.3) is 0 Å². The number of hydrogen-bond acceptors (Lipinski definition) is 3. The van der Waals surface area contributed by atoms with E-state index in [0.29, 0.717) is 6.42 Å². The molecule has 1 aliphatic heterocycles. The zero-order chi connectivity index (χ0) is 16.4. The molecule has 3 rings (SSSR count). The van der Waals surface area contributed by atoms with E-state index < -0.39 is 0 Å². The molecule has 0 saturated carbocycles. The zero-order valence-electron chi connectivity index (χ0n) is 14.3. The van der Waals surface area contributed by atoms with E-state index in [1.54, 1.807) is 0 Å². The van der Waals surface area contributed by atoms with E-state index in [-0.39, 0.29) is 11.9 Å². The van der Waals surface area contributed by atoms with E-state index in [9.17, 15) is 4.79 Å². The minimum atomic E-state index is 0.145. The van der Waals surface area contributed by atoms with Crippen molar-refractivity contribution in [2.24, 2.45) is 0 Å². The van der Waals surface area contributed by atoms with Crippen LogP contribution in [0.2, 0.25) is 0 Å². The van der Waals surface area contributed by atoms with Gasteiger partial charge in [-0.05, 0) is 38.9 Å². The number of nitrogens with zero attached hydrogens (tertiary/aromatic N) is 3. The Hall–Kier alpha value is -1.88. The Kier molecular flexibility index (Phi) is 4.66. The number of amides is 1. The number of pyridine rings is 1. The summed E-state index contributed by atoms with van der Waals surface area (Å²) < 4.78 is 2.40. The molecule has 1 N–H and O–H groups in total. The molecule has 1 aliphatic rings. The molecule has 0 bridgehead atoms. The minimum Gasteiger partial charge on any atom is -0.354 e. The molecule has 0 fully saturated rings. The van der Waals surface area contributed by atoms with Crippen molar-refractivity contribution in [3.63, 3.8) is 0 Å². The Balaban J connectivity index is 1.79. The quantitative estimate of drug-likeness (QED) is 0.921. The molecule has 0 radical (unpaired) electrons. The Morgan fingerprint density at radius 3 is 3.04 bits per heavy atom. The predicted octanol–water partition coefficient (Wildman–Crippen LogP) is 2.33. The second-order valence-electron chi connectivity index (χ2n) is 6.78. The van der Waals surface area contributed by atoms with Gasteiger partial charge in [0, 0.05) is 62.0 Å². The Morgan fingerprint density at radius 2 is 2.26 bits per heavy atom. The largest absolute Gasteiger partial charge is 0.354 e. The van der Waals surface area contributed by atoms with E-state index in [2.05, 4.69) is 32.9 Å². The van der Waals surface area contributed by atoms with Gasteiger partial charge in [-0.1, -0.05) is 0 Å². The lowest BCUT2D eigenvalue weighted by Crippen LogP contribution is -2.30. The summed E-state index contributed by atoms with van der Waals surface area (Å²) in [6.45, 7) is 6.96. The number of aromatic nitrogens is 2. The maximum absolute atomic E-state index is 11.8. The molecule has 0 aromatic carbocycles. The van der Waals surface area contributed by atoms with Crippen molar-refractivity contribution < 1.29 is 4.79 Å². The molecule has 3 heterocycles. The van der Waals surface area contributed by atoms with Gasteiger partial charge in [0.15, 0.2) is 0 Å². The van der Waals surface area contributed by atoms with Crippen LogP contribution in [0.15, 0.2) is 18.5 Å². The van der Waals surface area contributed by atoms with Gasteiger partial charge in [0.2, 0.25) is 5.91 Å². The van der Waals surface area contributed by atoms with Crippen molar-refractivity contribution in [3.8, 4) is 0 Å². The standard InChI is InChI=1S/C18H26N4O/c1-13(2)20-18(23)5-4-9-22-16-6-8-19-11-14(16)15-12-21(3)10-7-17(15)22/h6,8,11,13H,4-5,7,9-10,12H2,1-3H3,(H,20,23). The summed E-state index contributed by atoms with van der Waals surface area (Å²) in [5.41, 5.74) is 4.09. The van der Waals surface area contributed by atoms with Crippen LogP contribution in [-0.2, 0) is 24.3 Å². The average Bonchev–Trinajstić information content (AvgIpc) is 2.81. The summed E-state index contributed by atoms with van der Waals surface area (Å²) in [6, 6.07) is 2.31. The second kappa shape index (κ2) is 6.71. The Bertz CT molecular complexity index is 704. The summed E-state index contributed by atoms with van der Waals surface area (Å²) in [5.74, 6) is 0.145. The number of carbonyl (C=O) groups excluding carboxylic acids is 1. The van der Waals surface area contributed by atoms with Crippen LogP contribution in [0.4, 0.5) is 0 Å². The van der Waals surface area contributed by atoms with Gasteiger partial charge in [0.1, 0.15) is 0 Å². The van der Waals surface area contributed by atoms with Crippen LogP contribution in [0.5, 0.6) is 0 Å². The van der Waals surface area contributed by atoms with Crippen LogP contribution in [0.1, 0.15) is 37.9 Å². The van der Waals surface area contributed by atoms with Crippen LogP contribution < -0.4 is 5.32 Å². The van der Waals surface area contributed by atoms with Gasteiger partial charge < -0.3 is 14.8 Å². The first-order valence-electron chi connectivity index (χ1n) is 8.48. The minimum absolute atomic E-state index is 0.145. The molecule has 0 unspecified atom stereocenters. The summed E-state index contributed by atoms with van der Waals surface area (Å²) in [7, 11) is 2.17. The van der Waals surface area contributed by atoms with Gasteiger partial charge in [-0.25, -0.2) is 0 Å². The molecular formula is C18H26N4O. The van der Waals surface area contributed by atoms with Crippen molar-refractivity contribution >= 4 is 16.8 Å². The van der Waals surface area contributed by atoms with Gasteiger partial charge in [-0.15, -0.1) is 0 Å². The van der Waals surface area contributed by atoms with Crippen molar-refractivity contribution in [2.75, 3.05) is 13.6 Å². The van der Waals surface area contributed by atoms with Gasteiger partial charge in [-0.2, -0.15) is 0 Å². The monoisotopic (exact) mass is 314 g/mol. The molecular weight excluding hydrogens is 288 g/mol. The van der Waals surface area contributed by atoms with Crippen LogP contribution in [0.25, 0.3) is 10.9 Å². The highest BCUT2D eigenvalue weighted by molar-refractivity contribution is 5.85. The zero-order valence-corrected chi connectivity index (χ0v) is 14.3. The fourth-order valence-corrected chi connectivity index (χ4v) is 3.47. The highest BCUT2D eigenvalue weighted by Gasteiger charge is 2.22. The third-order valence-corrected chi connectivity index (χ3v) is 4.48. The van der Waals surface area contributed by atoms with Crippen LogP contribution >= 0.6 is 0 Å². The molecule has 0 spiro atoms. The molecule has 5 heteroatoms. The molecule has 124 valence electrons. The first-order chi connectivity index (χ1) is 11.1. The highest BCUT2D eigenvalue weighted by atomic mass is 16.1. The maximum Gasteiger partial charge on any atom is 0.220 e. The van der Waals surface area contributed by atoms with E-state index >= 15 is 0 Å². The summed E-state index contributed by atoms with van der Waals surface area (Å²) in [5, 5.41) is 4.23. The third kappa shape index (κ3) is 3.39. The van der Waals surface area contributed by atoms with Crippen molar-refractivity contribution in [3.05, 3.63) is 29.7 Å². The van der Waals surface area contributed by atoms with Crippen molar-refractivity contribution in [2.45, 2.75) is 52.2 Å². The van der Waals surface area contributed by atoms with Crippen LogP contribution in [0, 0.1) is 0 Å². The molecule has 0 aliphatic carbocycles. The van der Waals surface area contributed by atoms with Crippen molar-refractivity contribution in [1.29, 1.82) is 0 Å². The van der Waals surface area contributed by atoms with Crippen LogP contribution in [-0.4, -0.2) is 40.0 Å². The number of likely N-dealkylation sites (N-methyl/N-ethyl adjacent to an activating group) is 1. The molecule has 23 heavy (non-hydrogen) atoms. The van der Waals surface area contributed by atoms with Gasteiger partial charge >= 0.3 is 0 Å². The average molecular weight is 314 g/mol. The number of fused-ring (bicyclic) bond motifs is 3. The Labute approximate surface area is 137 Å². The lowest BCUT2D eigenvalue weighted by Gasteiger charge is -2.24. The molecule has 0 saturated heterocycles. The van der Waals surface area contributed by atoms with E-state index in [4.69, 9.17) is 0 Å². The molecule has 5 nitrogen and oxygen atoms in total. The van der Waals surface area contributed by atoms with E-state index in [1.807, 2.05) is 26.2 Å². The van der Waals surface area contributed by atoms with Crippen LogP contribution in [0.3, 0.4) is 0 Å². The summed E-state index contributed by atoms with van der Waals surface area (Å²) in [4.78, 5) is 18.5. The topological polar surface area (TPSA) is 50.2 Å². The van der Waals surface area contributed by atoms with Gasteiger partial charge in [0.05, 0.1) is 5.52 Å². The number of nitrogens with one attached hydrogen (secondary N) is 1.